The highest BCUT2D eigenvalue weighted by Gasteiger charge is 2.14. The predicted octanol–water partition coefficient (Wildman–Crippen LogP) is 1.56. The molecule has 0 rings (SSSR count). The van der Waals surface area contributed by atoms with Gasteiger partial charge < -0.3 is 15.3 Å². The van der Waals surface area contributed by atoms with Crippen molar-refractivity contribution in [2.75, 3.05) is 26.2 Å². The third kappa shape index (κ3) is 6.80. The molecule has 0 fully saturated rings. The molecule has 4 nitrogen and oxygen atoms in total. The van der Waals surface area contributed by atoms with Crippen LogP contribution in [-0.4, -0.2) is 48.2 Å². The van der Waals surface area contributed by atoms with E-state index in [1.807, 2.05) is 6.92 Å². The molecule has 0 spiro atoms. The summed E-state index contributed by atoms with van der Waals surface area (Å²) in [6.45, 7) is 10.1. The van der Waals surface area contributed by atoms with E-state index in [4.69, 9.17) is 5.11 Å². The van der Waals surface area contributed by atoms with Crippen LogP contribution in [0.4, 0.5) is 0 Å². The van der Waals surface area contributed by atoms with Crippen LogP contribution in [0.5, 0.6) is 0 Å². The summed E-state index contributed by atoms with van der Waals surface area (Å²) in [6, 6.07) is -0.384. The molecular weight excluding hydrogens is 204 g/mol. The Hall–Kier alpha value is -0.610. The SMILES string of the molecule is CCCC(NCCN(CC)CCC)C(=O)O. The summed E-state index contributed by atoms with van der Waals surface area (Å²) < 4.78 is 0. The minimum atomic E-state index is -0.736. The second-order valence-electron chi connectivity index (χ2n) is 4.07. The summed E-state index contributed by atoms with van der Waals surface area (Å²) in [5.74, 6) is -0.736. The molecule has 0 saturated heterocycles. The van der Waals surface area contributed by atoms with Crippen molar-refractivity contribution in [2.45, 2.75) is 46.1 Å². The van der Waals surface area contributed by atoms with Gasteiger partial charge in [-0.05, 0) is 25.9 Å². The Labute approximate surface area is 99.0 Å². The molecule has 0 bridgehead atoms. The monoisotopic (exact) mass is 230 g/mol. The lowest BCUT2D eigenvalue weighted by Gasteiger charge is -2.21. The van der Waals surface area contributed by atoms with E-state index in [-0.39, 0.29) is 6.04 Å². The maximum absolute atomic E-state index is 10.9. The topological polar surface area (TPSA) is 52.6 Å². The van der Waals surface area contributed by atoms with Crippen molar-refractivity contribution in [3.8, 4) is 0 Å². The molecule has 96 valence electrons. The molecule has 1 unspecified atom stereocenters. The quantitative estimate of drug-likeness (QED) is 0.598. The number of carbonyl (C=O) groups is 1. The Morgan fingerprint density at radius 2 is 1.94 bits per heavy atom. The maximum atomic E-state index is 10.9. The van der Waals surface area contributed by atoms with Crippen LogP contribution in [0.15, 0.2) is 0 Å². The lowest BCUT2D eigenvalue weighted by atomic mass is 10.2. The van der Waals surface area contributed by atoms with Crippen molar-refractivity contribution in [1.29, 1.82) is 0 Å². The van der Waals surface area contributed by atoms with Crippen LogP contribution in [0, 0.1) is 0 Å². The zero-order valence-corrected chi connectivity index (χ0v) is 10.8. The van der Waals surface area contributed by atoms with Gasteiger partial charge in [-0.15, -0.1) is 0 Å². The van der Waals surface area contributed by atoms with Crippen LogP contribution in [0.3, 0.4) is 0 Å². The fraction of sp³-hybridized carbons (Fsp3) is 0.917. The smallest absolute Gasteiger partial charge is 0.320 e. The van der Waals surface area contributed by atoms with E-state index in [1.54, 1.807) is 0 Å². The average molecular weight is 230 g/mol. The minimum absolute atomic E-state index is 0.384. The van der Waals surface area contributed by atoms with Crippen molar-refractivity contribution in [1.82, 2.24) is 10.2 Å². The van der Waals surface area contributed by atoms with E-state index in [0.29, 0.717) is 6.42 Å². The number of nitrogens with one attached hydrogen (secondary N) is 1. The zero-order valence-electron chi connectivity index (χ0n) is 10.8. The summed E-state index contributed by atoms with van der Waals surface area (Å²) in [5, 5.41) is 12.1. The highest BCUT2D eigenvalue weighted by Crippen LogP contribution is 1.97. The van der Waals surface area contributed by atoms with Gasteiger partial charge in [-0.1, -0.05) is 27.2 Å². The van der Waals surface area contributed by atoms with Gasteiger partial charge in [0.1, 0.15) is 6.04 Å². The van der Waals surface area contributed by atoms with Crippen LogP contribution in [0.25, 0.3) is 0 Å². The highest BCUT2D eigenvalue weighted by molar-refractivity contribution is 5.73. The van der Waals surface area contributed by atoms with Gasteiger partial charge in [-0.25, -0.2) is 0 Å². The summed E-state index contributed by atoms with van der Waals surface area (Å²) in [6.07, 6.45) is 2.75. The van der Waals surface area contributed by atoms with Crippen molar-refractivity contribution in [2.24, 2.45) is 0 Å². The molecule has 0 aliphatic rings. The minimum Gasteiger partial charge on any atom is -0.480 e. The number of aliphatic carboxylic acids is 1. The number of likely N-dealkylation sites (N-methyl/N-ethyl adjacent to an activating group) is 1. The van der Waals surface area contributed by atoms with Gasteiger partial charge in [-0.2, -0.15) is 0 Å². The molecule has 16 heavy (non-hydrogen) atoms. The molecule has 2 N–H and O–H groups in total. The molecule has 0 saturated carbocycles. The number of carboxylic acids is 1. The molecule has 1 atom stereocenters. The number of nitrogens with zero attached hydrogens (tertiary/aromatic N) is 1. The summed E-state index contributed by atoms with van der Waals surface area (Å²) >= 11 is 0. The molecule has 0 amide bonds. The van der Waals surface area contributed by atoms with E-state index in [9.17, 15) is 4.79 Å². The maximum Gasteiger partial charge on any atom is 0.320 e. The molecule has 0 aromatic heterocycles. The van der Waals surface area contributed by atoms with Crippen LogP contribution in [0.2, 0.25) is 0 Å². The zero-order chi connectivity index (χ0) is 12.4. The third-order valence-corrected chi connectivity index (χ3v) is 2.68. The summed E-state index contributed by atoms with van der Waals surface area (Å²) in [7, 11) is 0. The van der Waals surface area contributed by atoms with Gasteiger partial charge in [0.2, 0.25) is 0 Å². The number of hydrogen-bond acceptors (Lipinski definition) is 3. The van der Waals surface area contributed by atoms with E-state index in [0.717, 1.165) is 39.0 Å². The third-order valence-electron chi connectivity index (χ3n) is 2.68. The fourth-order valence-corrected chi connectivity index (χ4v) is 1.74. The van der Waals surface area contributed by atoms with Crippen LogP contribution in [0.1, 0.15) is 40.0 Å². The normalized spacial score (nSPS) is 13.0. The average Bonchev–Trinajstić information content (AvgIpc) is 2.26. The molecule has 0 aliphatic carbocycles. The van der Waals surface area contributed by atoms with Crippen LogP contribution < -0.4 is 5.32 Å². The Bertz CT molecular complexity index is 186. The van der Waals surface area contributed by atoms with Crippen LogP contribution in [-0.2, 0) is 4.79 Å². The standard InChI is InChI=1S/C12H26N2O2/c1-4-7-11(12(15)16)13-8-10-14(6-3)9-5-2/h11,13H,4-10H2,1-3H3,(H,15,16). The van der Waals surface area contributed by atoms with Gasteiger partial charge in [0.25, 0.3) is 0 Å². The molecule has 0 radical (unpaired) electrons. The first-order valence-electron chi connectivity index (χ1n) is 6.34. The Morgan fingerprint density at radius 3 is 2.38 bits per heavy atom. The Balaban J connectivity index is 3.78. The molecule has 0 aromatic rings. The largest absolute Gasteiger partial charge is 0.480 e. The van der Waals surface area contributed by atoms with Gasteiger partial charge in [0, 0.05) is 13.1 Å². The Morgan fingerprint density at radius 1 is 1.25 bits per heavy atom. The number of carboxylic acid groups (broad SMARTS) is 1. The first-order valence-corrected chi connectivity index (χ1v) is 6.34. The fourth-order valence-electron chi connectivity index (χ4n) is 1.74. The lowest BCUT2D eigenvalue weighted by molar-refractivity contribution is -0.139. The van der Waals surface area contributed by atoms with Crippen LogP contribution >= 0.6 is 0 Å². The van der Waals surface area contributed by atoms with Crippen molar-refractivity contribution < 1.29 is 9.90 Å². The van der Waals surface area contributed by atoms with Gasteiger partial charge in [0.15, 0.2) is 0 Å². The molecule has 0 aliphatic heterocycles. The molecule has 0 heterocycles. The van der Waals surface area contributed by atoms with E-state index in [1.165, 1.54) is 0 Å². The summed E-state index contributed by atoms with van der Waals surface area (Å²) in [4.78, 5) is 13.2. The van der Waals surface area contributed by atoms with Crippen molar-refractivity contribution in [3.63, 3.8) is 0 Å². The Kier molecular flexibility index (Phi) is 9.24. The number of rotatable bonds is 10. The lowest BCUT2D eigenvalue weighted by Crippen LogP contribution is -2.41. The first-order chi connectivity index (χ1) is 7.65. The second-order valence-corrected chi connectivity index (χ2v) is 4.07. The first kappa shape index (κ1) is 15.4. The number of hydrogen-bond donors (Lipinski definition) is 2. The second kappa shape index (κ2) is 9.60. The van der Waals surface area contributed by atoms with Gasteiger partial charge in [0.05, 0.1) is 0 Å². The van der Waals surface area contributed by atoms with Crippen molar-refractivity contribution in [3.05, 3.63) is 0 Å². The highest BCUT2D eigenvalue weighted by atomic mass is 16.4. The van der Waals surface area contributed by atoms with Gasteiger partial charge in [-0.3, -0.25) is 4.79 Å². The van der Waals surface area contributed by atoms with Gasteiger partial charge >= 0.3 is 5.97 Å². The van der Waals surface area contributed by atoms with E-state index >= 15 is 0 Å². The van der Waals surface area contributed by atoms with Crippen molar-refractivity contribution >= 4 is 5.97 Å². The molecule has 4 heteroatoms. The van der Waals surface area contributed by atoms with E-state index < -0.39 is 5.97 Å². The predicted molar refractivity (Wildman–Crippen MR) is 66.7 cm³/mol. The summed E-state index contributed by atoms with van der Waals surface area (Å²) in [5.41, 5.74) is 0. The molecule has 0 aromatic carbocycles. The molecular formula is C12H26N2O2. The van der Waals surface area contributed by atoms with E-state index in [2.05, 4.69) is 24.1 Å².